The van der Waals surface area contributed by atoms with E-state index in [2.05, 4.69) is 11.9 Å². The number of para-hydroxylation sites is 1. The first kappa shape index (κ1) is 14.6. The molecule has 1 aliphatic carbocycles. The van der Waals surface area contributed by atoms with Crippen molar-refractivity contribution in [2.45, 2.75) is 13.3 Å². The number of nitrogens with zero attached hydrogens (tertiary/aromatic N) is 3. The number of aromatic nitrogens is 2. The molecule has 1 saturated heterocycles. The zero-order chi connectivity index (χ0) is 17.0. The number of benzene rings is 1. The minimum absolute atomic E-state index is 0.122. The molecule has 0 spiro atoms. The molecule has 2 aliphatic rings. The van der Waals surface area contributed by atoms with Gasteiger partial charge in [-0.05, 0) is 42.0 Å². The highest BCUT2D eigenvalue weighted by Gasteiger charge is 2.57. The number of carbonyl (C=O) groups is 1. The molecule has 2 aromatic heterocycles. The van der Waals surface area contributed by atoms with E-state index in [9.17, 15) is 4.79 Å². The first-order valence-corrected chi connectivity index (χ1v) is 8.73. The number of fused-ring (bicyclic) bond motifs is 2. The Bertz CT molecular complexity index is 985. The minimum atomic E-state index is 0.122. The second-order valence-corrected chi connectivity index (χ2v) is 7.55. The van der Waals surface area contributed by atoms with Crippen molar-refractivity contribution in [1.29, 1.82) is 0 Å². The van der Waals surface area contributed by atoms with Crippen molar-refractivity contribution in [1.82, 2.24) is 14.9 Å². The largest absolute Gasteiger partial charge is 0.338 e. The Balaban J connectivity index is 1.62. The molecule has 2 atom stereocenters. The van der Waals surface area contributed by atoms with Gasteiger partial charge in [-0.15, -0.1) is 0 Å². The summed E-state index contributed by atoms with van der Waals surface area (Å²) in [6, 6.07) is 13.7. The molecule has 3 aromatic rings. The number of carbonyl (C=O) groups excluding carboxylic acids is 1. The topological polar surface area (TPSA) is 46.1 Å². The van der Waals surface area contributed by atoms with Crippen molar-refractivity contribution in [3.8, 4) is 11.3 Å². The Kier molecular flexibility index (Phi) is 2.99. The lowest BCUT2D eigenvalue weighted by Gasteiger charge is -2.21. The maximum absolute atomic E-state index is 13.2. The molecule has 4 nitrogen and oxygen atoms in total. The van der Waals surface area contributed by atoms with Crippen LogP contribution in [0.3, 0.4) is 0 Å². The molecule has 1 aliphatic heterocycles. The smallest absolute Gasteiger partial charge is 0.254 e. The van der Waals surface area contributed by atoms with Crippen molar-refractivity contribution in [3.63, 3.8) is 0 Å². The van der Waals surface area contributed by atoms with Crippen LogP contribution in [0.5, 0.6) is 0 Å². The van der Waals surface area contributed by atoms with Crippen LogP contribution in [0.1, 0.15) is 23.7 Å². The molecular weight excluding hydrogens is 310 g/mol. The van der Waals surface area contributed by atoms with E-state index in [-0.39, 0.29) is 5.91 Å². The van der Waals surface area contributed by atoms with Crippen molar-refractivity contribution < 1.29 is 4.79 Å². The van der Waals surface area contributed by atoms with E-state index in [1.165, 1.54) is 6.42 Å². The standard InChI is InChI=1S/C21H19N3O/c1-21-10-15(21)12-24(13-21)20(25)17-9-19(14-5-4-8-22-11-14)23-18-7-3-2-6-16(17)18/h2-9,11,15H,10,12-13H2,1H3. The van der Waals surface area contributed by atoms with Crippen molar-refractivity contribution in [2.24, 2.45) is 11.3 Å². The van der Waals surface area contributed by atoms with Crippen LogP contribution in [-0.2, 0) is 0 Å². The van der Waals surface area contributed by atoms with E-state index in [4.69, 9.17) is 4.98 Å². The maximum Gasteiger partial charge on any atom is 0.254 e. The second-order valence-electron chi connectivity index (χ2n) is 7.55. The zero-order valence-corrected chi connectivity index (χ0v) is 14.1. The Morgan fingerprint density at radius 2 is 2.12 bits per heavy atom. The van der Waals surface area contributed by atoms with Crippen molar-refractivity contribution in [3.05, 3.63) is 60.4 Å². The first-order chi connectivity index (χ1) is 12.1. The highest BCUT2D eigenvalue weighted by Crippen LogP contribution is 2.57. The lowest BCUT2D eigenvalue weighted by atomic mass is 10.0. The summed E-state index contributed by atoms with van der Waals surface area (Å²) in [5.74, 6) is 0.805. The van der Waals surface area contributed by atoms with Crippen molar-refractivity contribution >= 4 is 16.8 Å². The number of pyridine rings is 2. The van der Waals surface area contributed by atoms with E-state index >= 15 is 0 Å². The van der Waals surface area contributed by atoms with Gasteiger partial charge in [0.05, 0.1) is 16.8 Å². The van der Waals surface area contributed by atoms with E-state index in [1.54, 1.807) is 12.4 Å². The SMILES string of the molecule is CC12CC1CN(C(=O)c1cc(-c3cccnc3)nc3ccccc13)C2. The summed E-state index contributed by atoms with van der Waals surface area (Å²) >= 11 is 0. The number of amides is 1. The van der Waals surface area contributed by atoms with Gasteiger partial charge in [-0.25, -0.2) is 4.98 Å². The van der Waals surface area contributed by atoms with Gasteiger partial charge in [0.15, 0.2) is 0 Å². The fourth-order valence-corrected chi connectivity index (χ4v) is 4.09. The van der Waals surface area contributed by atoms with E-state index in [0.29, 0.717) is 11.3 Å². The molecule has 0 N–H and O–H groups in total. The fourth-order valence-electron chi connectivity index (χ4n) is 4.09. The average molecular weight is 329 g/mol. The van der Waals surface area contributed by atoms with Crippen LogP contribution in [0, 0.1) is 11.3 Å². The van der Waals surface area contributed by atoms with Crippen LogP contribution in [0.25, 0.3) is 22.2 Å². The molecule has 4 heteroatoms. The summed E-state index contributed by atoms with van der Waals surface area (Å²) < 4.78 is 0. The Morgan fingerprint density at radius 3 is 2.88 bits per heavy atom. The molecule has 25 heavy (non-hydrogen) atoms. The van der Waals surface area contributed by atoms with Gasteiger partial charge >= 0.3 is 0 Å². The quantitative estimate of drug-likeness (QED) is 0.719. The highest BCUT2D eigenvalue weighted by molar-refractivity contribution is 6.07. The predicted molar refractivity (Wildman–Crippen MR) is 97.1 cm³/mol. The average Bonchev–Trinajstić information content (AvgIpc) is 3.17. The van der Waals surface area contributed by atoms with E-state index in [1.807, 2.05) is 47.4 Å². The highest BCUT2D eigenvalue weighted by atomic mass is 16.2. The summed E-state index contributed by atoms with van der Waals surface area (Å²) in [7, 11) is 0. The summed E-state index contributed by atoms with van der Waals surface area (Å²) in [4.78, 5) is 24.2. The van der Waals surface area contributed by atoms with Crippen LogP contribution in [0.4, 0.5) is 0 Å². The zero-order valence-electron chi connectivity index (χ0n) is 14.1. The minimum Gasteiger partial charge on any atom is -0.338 e. The van der Waals surface area contributed by atoms with Gasteiger partial charge in [0, 0.05) is 36.4 Å². The Morgan fingerprint density at radius 1 is 1.24 bits per heavy atom. The van der Waals surface area contributed by atoms with Gasteiger partial charge in [0.25, 0.3) is 5.91 Å². The number of hydrogen-bond acceptors (Lipinski definition) is 3. The van der Waals surface area contributed by atoms with Gasteiger partial charge in [0.1, 0.15) is 0 Å². The van der Waals surface area contributed by atoms with Gasteiger partial charge in [-0.2, -0.15) is 0 Å². The summed E-state index contributed by atoms with van der Waals surface area (Å²) in [5.41, 5.74) is 3.67. The molecule has 1 aromatic carbocycles. The third-order valence-corrected chi connectivity index (χ3v) is 5.72. The molecule has 124 valence electrons. The molecule has 0 bridgehead atoms. The number of hydrogen-bond donors (Lipinski definition) is 0. The monoisotopic (exact) mass is 329 g/mol. The molecule has 1 amide bonds. The second kappa shape index (κ2) is 5.12. The van der Waals surface area contributed by atoms with E-state index < -0.39 is 0 Å². The van der Waals surface area contributed by atoms with Crippen LogP contribution in [0.15, 0.2) is 54.9 Å². The Labute approximate surface area is 146 Å². The van der Waals surface area contributed by atoms with Crippen LogP contribution < -0.4 is 0 Å². The van der Waals surface area contributed by atoms with Crippen LogP contribution in [0.2, 0.25) is 0 Å². The molecule has 5 rings (SSSR count). The van der Waals surface area contributed by atoms with Gasteiger partial charge in [-0.1, -0.05) is 25.1 Å². The number of likely N-dealkylation sites (tertiary alicyclic amines) is 1. The molecule has 3 heterocycles. The number of piperidine rings is 1. The third kappa shape index (κ3) is 2.32. The summed E-state index contributed by atoms with van der Waals surface area (Å²) in [6.45, 7) is 4.04. The fraction of sp³-hybridized carbons (Fsp3) is 0.286. The molecule has 0 radical (unpaired) electrons. The predicted octanol–water partition coefficient (Wildman–Crippen LogP) is 3.78. The maximum atomic E-state index is 13.2. The third-order valence-electron chi connectivity index (χ3n) is 5.72. The molecule has 2 fully saturated rings. The van der Waals surface area contributed by atoms with Gasteiger partial charge in [0.2, 0.25) is 0 Å². The Hall–Kier alpha value is -2.75. The lowest BCUT2D eigenvalue weighted by Crippen LogP contribution is -2.31. The normalized spacial score (nSPS) is 24.4. The van der Waals surface area contributed by atoms with E-state index in [0.717, 1.165) is 40.8 Å². The lowest BCUT2D eigenvalue weighted by molar-refractivity contribution is 0.0768. The molecule has 2 unspecified atom stereocenters. The summed E-state index contributed by atoms with van der Waals surface area (Å²) in [6.07, 6.45) is 4.79. The van der Waals surface area contributed by atoms with Gasteiger partial charge < -0.3 is 4.90 Å². The molecule has 1 saturated carbocycles. The van der Waals surface area contributed by atoms with Gasteiger partial charge in [-0.3, -0.25) is 9.78 Å². The number of rotatable bonds is 2. The van der Waals surface area contributed by atoms with Crippen molar-refractivity contribution in [2.75, 3.05) is 13.1 Å². The van der Waals surface area contributed by atoms with Crippen LogP contribution >= 0.6 is 0 Å². The molecular formula is C21H19N3O. The van der Waals surface area contributed by atoms with Crippen LogP contribution in [-0.4, -0.2) is 33.9 Å². The first-order valence-electron chi connectivity index (χ1n) is 8.73. The summed E-state index contributed by atoms with van der Waals surface area (Å²) in [5, 5.41) is 0.922.